The third kappa shape index (κ3) is 5.46. The molecule has 2 aliphatic heterocycles. The van der Waals surface area contributed by atoms with E-state index in [2.05, 4.69) is 26.2 Å². The highest BCUT2D eigenvalue weighted by molar-refractivity contribution is 5.95. The van der Waals surface area contributed by atoms with Crippen molar-refractivity contribution in [1.29, 1.82) is 0 Å². The Balaban J connectivity index is 1.56. The molecule has 34 heavy (non-hydrogen) atoms. The third-order valence-electron chi connectivity index (χ3n) is 6.35. The molecule has 180 valence electrons. The molecule has 1 N–H and O–H groups in total. The Morgan fingerprint density at radius 2 is 1.74 bits per heavy atom. The number of benzene rings is 1. The molecule has 2 aromatic rings. The van der Waals surface area contributed by atoms with E-state index in [9.17, 15) is 9.59 Å². The molecule has 8 nitrogen and oxygen atoms in total. The fraction of sp³-hybridized carbons (Fsp3) is 0.423. The fourth-order valence-electron chi connectivity index (χ4n) is 4.62. The number of rotatable bonds is 8. The van der Waals surface area contributed by atoms with Crippen molar-refractivity contribution in [2.45, 2.75) is 26.4 Å². The van der Waals surface area contributed by atoms with Crippen LogP contribution in [-0.2, 0) is 16.1 Å². The largest absolute Gasteiger partial charge is 0.463 e. The molecule has 2 aliphatic rings. The van der Waals surface area contributed by atoms with E-state index >= 15 is 0 Å². The van der Waals surface area contributed by atoms with Gasteiger partial charge in [0.05, 0.1) is 18.2 Å². The van der Waals surface area contributed by atoms with Crippen LogP contribution in [0, 0.1) is 0 Å². The van der Waals surface area contributed by atoms with Crippen LogP contribution in [0.5, 0.6) is 0 Å². The lowest BCUT2D eigenvalue weighted by molar-refractivity contribution is -0.139. The number of carbonyl (C=O) groups is 2. The molecule has 0 radical (unpaired) electrons. The average molecular weight is 464 g/mol. The van der Waals surface area contributed by atoms with Crippen LogP contribution in [0.15, 0.2) is 66.1 Å². The Bertz CT molecular complexity index is 1000. The highest BCUT2D eigenvalue weighted by Gasteiger charge is 2.38. The summed E-state index contributed by atoms with van der Waals surface area (Å²) in [5.74, 6) is -0.375. The van der Waals surface area contributed by atoms with Gasteiger partial charge in [-0.05, 0) is 31.0 Å². The number of amides is 2. The molecule has 4 rings (SSSR count). The highest BCUT2D eigenvalue weighted by Crippen LogP contribution is 2.32. The monoisotopic (exact) mass is 463 g/mol. The van der Waals surface area contributed by atoms with Crippen LogP contribution in [-0.4, -0.2) is 77.6 Å². The van der Waals surface area contributed by atoms with E-state index in [1.165, 1.54) is 5.56 Å². The number of hydrogen-bond acceptors (Lipinski definition) is 6. The minimum absolute atomic E-state index is 0.186. The van der Waals surface area contributed by atoms with Crippen molar-refractivity contribution in [2.75, 3.05) is 45.9 Å². The number of pyridine rings is 1. The molecule has 1 fully saturated rings. The maximum atomic E-state index is 13.2. The lowest BCUT2D eigenvalue weighted by atomic mass is 9.94. The van der Waals surface area contributed by atoms with Crippen molar-refractivity contribution >= 4 is 12.0 Å². The van der Waals surface area contributed by atoms with Gasteiger partial charge in [0.15, 0.2) is 0 Å². The lowest BCUT2D eigenvalue weighted by Crippen LogP contribution is -2.53. The molecule has 1 aromatic heterocycles. The number of piperazine rings is 1. The van der Waals surface area contributed by atoms with Crippen molar-refractivity contribution in [2.24, 2.45) is 0 Å². The minimum Gasteiger partial charge on any atom is -0.463 e. The van der Waals surface area contributed by atoms with Crippen LogP contribution >= 0.6 is 0 Å². The van der Waals surface area contributed by atoms with Gasteiger partial charge in [-0.15, -0.1) is 0 Å². The van der Waals surface area contributed by atoms with Gasteiger partial charge in [-0.3, -0.25) is 19.7 Å². The van der Waals surface area contributed by atoms with E-state index in [-0.39, 0.29) is 18.6 Å². The van der Waals surface area contributed by atoms with Gasteiger partial charge >= 0.3 is 12.0 Å². The zero-order valence-corrected chi connectivity index (χ0v) is 19.9. The number of urea groups is 1. The quantitative estimate of drug-likeness (QED) is 0.607. The van der Waals surface area contributed by atoms with E-state index < -0.39 is 6.04 Å². The Hall–Kier alpha value is -3.23. The summed E-state index contributed by atoms with van der Waals surface area (Å²) in [6.45, 7) is 9.43. The molecule has 0 aliphatic carbocycles. The number of esters is 1. The van der Waals surface area contributed by atoms with Crippen LogP contribution in [0.3, 0.4) is 0 Å². The number of nitrogens with one attached hydrogen (secondary N) is 1. The van der Waals surface area contributed by atoms with Crippen LogP contribution < -0.4 is 5.32 Å². The molecule has 1 aromatic carbocycles. The van der Waals surface area contributed by atoms with Gasteiger partial charge in [-0.2, -0.15) is 0 Å². The number of carbonyl (C=O) groups excluding carboxylic acids is 2. The van der Waals surface area contributed by atoms with E-state index in [0.29, 0.717) is 18.7 Å². The molecule has 2 amide bonds. The first-order chi connectivity index (χ1) is 16.6. The molecule has 0 unspecified atom stereocenters. The Kier molecular flexibility index (Phi) is 7.92. The lowest BCUT2D eigenvalue weighted by Gasteiger charge is -2.40. The highest BCUT2D eigenvalue weighted by atomic mass is 16.5. The molecular weight excluding hydrogens is 430 g/mol. The molecule has 8 heteroatoms. The first kappa shape index (κ1) is 23.9. The molecule has 0 saturated carbocycles. The first-order valence-electron chi connectivity index (χ1n) is 12.0. The second-order valence-electron chi connectivity index (χ2n) is 8.53. The summed E-state index contributed by atoms with van der Waals surface area (Å²) in [5, 5.41) is 3.02. The normalized spacial score (nSPS) is 19.8. The topological polar surface area (TPSA) is 78.0 Å². The van der Waals surface area contributed by atoms with Crippen molar-refractivity contribution in [3.05, 3.63) is 77.3 Å². The van der Waals surface area contributed by atoms with Gasteiger partial charge in [0.2, 0.25) is 0 Å². The summed E-state index contributed by atoms with van der Waals surface area (Å²) in [4.78, 5) is 36.8. The maximum Gasteiger partial charge on any atom is 0.338 e. The molecule has 1 atom stereocenters. The zero-order valence-electron chi connectivity index (χ0n) is 19.9. The van der Waals surface area contributed by atoms with Crippen molar-refractivity contribution in [3.8, 4) is 0 Å². The zero-order chi connectivity index (χ0) is 23.9. The predicted molar refractivity (Wildman–Crippen MR) is 130 cm³/mol. The predicted octanol–water partition coefficient (Wildman–Crippen LogP) is 2.80. The number of nitrogens with zero attached hydrogens (tertiary/aromatic N) is 4. The van der Waals surface area contributed by atoms with Crippen LogP contribution in [0.4, 0.5) is 4.79 Å². The number of ether oxygens (including phenoxy) is 1. The van der Waals surface area contributed by atoms with Crippen LogP contribution in [0.2, 0.25) is 0 Å². The Morgan fingerprint density at radius 3 is 2.35 bits per heavy atom. The molecule has 0 spiro atoms. The van der Waals surface area contributed by atoms with Gasteiger partial charge in [0.25, 0.3) is 0 Å². The smallest absolute Gasteiger partial charge is 0.338 e. The third-order valence-corrected chi connectivity index (χ3v) is 6.35. The number of aromatic nitrogens is 1. The first-order valence-corrected chi connectivity index (χ1v) is 12.0. The average Bonchev–Trinajstić information content (AvgIpc) is 2.86. The maximum absolute atomic E-state index is 13.2. The molecule has 1 saturated heterocycles. The van der Waals surface area contributed by atoms with E-state index in [4.69, 9.17) is 4.74 Å². The number of likely N-dealkylation sites (N-methyl/N-ethyl adjacent to an activating group) is 1. The second kappa shape index (κ2) is 11.3. The van der Waals surface area contributed by atoms with Crippen molar-refractivity contribution < 1.29 is 14.3 Å². The van der Waals surface area contributed by atoms with Gasteiger partial charge in [-0.1, -0.05) is 36.4 Å². The van der Waals surface area contributed by atoms with Crippen LogP contribution in [0.25, 0.3) is 0 Å². The summed E-state index contributed by atoms with van der Waals surface area (Å²) in [7, 11) is 0. The Labute approximate surface area is 201 Å². The summed E-state index contributed by atoms with van der Waals surface area (Å²) in [6, 6.07) is 13.0. The fourth-order valence-corrected chi connectivity index (χ4v) is 4.62. The molecule has 0 bridgehead atoms. The summed E-state index contributed by atoms with van der Waals surface area (Å²) in [6.07, 6.45) is 3.70. The summed E-state index contributed by atoms with van der Waals surface area (Å²) >= 11 is 0. The summed E-state index contributed by atoms with van der Waals surface area (Å²) < 4.78 is 5.46. The standard InChI is InChI=1S/C26H33N5O3/c1-3-31-22(19-30-15-13-29(14-16-30)18-20-9-8-12-27-17-20)23(25(32)34-4-2)24(28-26(31)33)21-10-6-5-7-11-21/h5-12,17,24H,3-4,13-16,18-19H2,1-2H3,(H,28,33)/t24-/m1/s1. The van der Waals surface area contributed by atoms with E-state index in [1.54, 1.807) is 18.0 Å². The van der Waals surface area contributed by atoms with Gasteiger partial charge < -0.3 is 10.1 Å². The Morgan fingerprint density at radius 1 is 1.03 bits per heavy atom. The second-order valence-corrected chi connectivity index (χ2v) is 8.53. The van der Waals surface area contributed by atoms with Gasteiger partial charge in [0.1, 0.15) is 0 Å². The summed E-state index contributed by atoms with van der Waals surface area (Å²) in [5.41, 5.74) is 3.33. The minimum atomic E-state index is -0.530. The van der Waals surface area contributed by atoms with E-state index in [0.717, 1.165) is 44.0 Å². The SMILES string of the molecule is CCOC(=O)C1=C(CN2CCN(Cc3cccnc3)CC2)N(CC)C(=O)N[C@@H]1c1ccccc1. The molecular formula is C26H33N5O3. The van der Waals surface area contributed by atoms with Crippen molar-refractivity contribution in [3.63, 3.8) is 0 Å². The molecule has 3 heterocycles. The number of hydrogen-bond donors (Lipinski definition) is 1. The van der Waals surface area contributed by atoms with Gasteiger partial charge in [-0.25, -0.2) is 9.59 Å². The van der Waals surface area contributed by atoms with E-state index in [1.807, 2.05) is 49.5 Å². The van der Waals surface area contributed by atoms with Crippen LogP contribution in [0.1, 0.15) is 31.0 Å². The van der Waals surface area contributed by atoms with Crippen molar-refractivity contribution in [1.82, 2.24) is 25.0 Å². The van der Waals surface area contributed by atoms with Gasteiger partial charge in [0, 0.05) is 63.9 Å².